The van der Waals surface area contributed by atoms with Crippen LogP contribution in [0.2, 0.25) is 0 Å². The molecule has 0 saturated carbocycles. The van der Waals surface area contributed by atoms with E-state index in [1.165, 1.54) is 12.1 Å². The van der Waals surface area contributed by atoms with Crippen LogP contribution in [-0.4, -0.2) is 16.5 Å². The molecular formula is C21H22FN3O. The summed E-state index contributed by atoms with van der Waals surface area (Å²) in [5, 5.41) is 0. The SMILES string of the molecule is CCN(Cc1cnc(C)nc1)c1ccc(OCc2cccc(F)c2)cc1. The fraction of sp³-hybridized carbons (Fsp3) is 0.238. The first kappa shape index (κ1) is 17.9. The molecule has 0 unspecified atom stereocenters. The highest BCUT2D eigenvalue weighted by molar-refractivity contribution is 5.49. The van der Waals surface area contributed by atoms with E-state index < -0.39 is 0 Å². The number of aromatic nitrogens is 2. The normalized spacial score (nSPS) is 10.6. The lowest BCUT2D eigenvalue weighted by molar-refractivity contribution is 0.305. The van der Waals surface area contributed by atoms with E-state index in [4.69, 9.17) is 4.74 Å². The van der Waals surface area contributed by atoms with Crippen LogP contribution >= 0.6 is 0 Å². The molecule has 0 aliphatic carbocycles. The molecule has 3 rings (SSSR count). The minimum atomic E-state index is -0.250. The van der Waals surface area contributed by atoms with Crippen LogP contribution in [0.1, 0.15) is 23.9 Å². The van der Waals surface area contributed by atoms with Crippen LogP contribution in [-0.2, 0) is 13.2 Å². The van der Waals surface area contributed by atoms with Gasteiger partial charge < -0.3 is 9.64 Å². The lowest BCUT2D eigenvalue weighted by atomic mass is 10.2. The number of anilines is 1. The van der Waals surface area contributed by atoms with E-state index >= 15 is 0 Å². The molecule has 0 amide bonds. The molecule has 0 bridgehead atoms. The highest BCUT2D eigenvalue weighted by Crippen LogP contribution is 2.22. The third-order valence-electron chi connectivity index (χ3n) is 4.09. The summed E-state index contributed by atoms with van der Waals surface area (Å²) in [4.78, 5) is 10.7. The number of ether oxygens (including phenoxy) is 1. The Kier molecular flexibility index (Phi) is 5.79. The first-order valence-corrected chi connectivity index (χ1v) is 8.64. The van der Waals surface area contributed by atoms with Crippen molar-refractivity contribution in [1.29, 1.82) is 0 Å². The van der Waals surface area contributed by atoms with Gasteiger partial charge in [-0.2, -0.15) is 0 Å². The quantitative estimate of drug-likeness (QED) is 0.627. The number of hydrogen-bond donors (Lipinski definition) is 0. The number of nitrogens with zero attached hydrogens (tertiary/aromatic N) is 3. The molecule has 2 aromatic carbocycles. The maximum atomic E-state index is 13.2. The second-order valence-electron chi connectivity index (χ2n) is 6.07. The van der Waals surface area contributed by atoms with Gasteiger partial charge in [0.25, 0.3) is 0 Å². The fourth-order valence-corrected chi connectivity index (χ4v) is 2.65. The van der Waals surface area contributed by atoms with Gasteiger partial charge in [0.15, 0.2) is 0 Å². The molecule has 0 fully saturated rings. The third kappa shape index (κ3) is 4.79. The topological polar surface area (TPSA) is 38.2 Å². The van der Waals surface area contributed by atoms with E-state index in [0.717, 1.165) is 41.5 Å². The lowest BCUT2D eigenvalue weighted by Crippen LogP contribution is -2.22. The van der Waals surface area contributed by atoms with Crippen molar-refractivity contribution in [2.45, 2.75) is 27.0 Å². The molecule has 5 heteroatoms. The molecule has 0 aliphatic rings. The van der Waals surface area contributed by atoms with Crippen LogP contribution in [0.3, 0.4) is 0 Å². The van der Waals surface area contributed by atoms with E-state index in [0.29, 0.717) is 6.61 Å². The molecule has 1 aromatic heterocycles. The smallest absolute Gasteiger partial charge is 0.125 e. The Labute approximate surface area is 153 Å². The monoisotopic (exact) mass is 351 g/mol. The van der Waals surface area contributed by atoms with Crippen molar-refractivity contribution in [3.8, 4) is 5.75 Å². The van der Waals surface area contributed by atoms with Crippen molar-refractivity contribution in [2.24, 2.45) is 0 Å². The molecule has 0 atom stereocenters. The van der Waals surface area contributed by atoms with Gasteiger partial charge in [-0.1, -0.05) is 12.1 Å². The molecule has 0 aliphatic heterocycles. The lowest BCUT2D eigenvalue weighted by Gasteiger charge is -2.23. The van der Waals surface area contributed by atoms with Crippen LogP contribution in [0.4, 0.5) is 10.1 Å². The van der Waals surface area contributed by atoms with Crippen molar-refractivity contribution in [2.75, 3.05) is 11.4 Å². The van der Waals surface area contributed by atoms with E-state index in [-0.39, 0.29) is 5.82 Å². The number of halogens is 1. The number of benzene rings is 2. The third-order valence-corrected chi connectivity index (χ3v) is 4.09. The Morgan fingerprint density at radius 1 is 1.00 bits per heavy atom. The Morgan fingerprint density at radius 2 is 1.73 bits per heavy atom. The minimum absolute atomic E-state index is 0.250. The second kappa shape index (κ2) is 8.43. The molecule has 4 nitrogen and oxygen atoms in total. The van der Waals surface area contributed by atoms with Crippen LogP contribution in [0.25, 0.3) is 0 Å². The summed E-state index contributed by atoms with van der Waals surface area (Å²) >= 11 is 0. The average Bonchev–Trinajstić information content (AvgIpc) is 2.66. The fourth-order valence-electron chi connectivity index (χ4n) is 2.65. The zero-order valence-electron chi connectivity index (χ0n) is 15.0. The average molecular weight is 351 g/mol. The summed E-state index contributed by atoms with van der Waals surface area (Å²) in [5.74, 6) is 1.28. The summed E-state index contributed by atoms with van der Waals surface area (Å²) in [7, 11) is 0. The van der Waals surface area contributed by atoms with Gasteiger partial charge in [-0.3, -0.25) is 0 Å². The van der Waals surface area contributed by atoms with Gasteiger partial charge in [0, 0.05) is 36.7 Å². The van der Waals surface area contributed by atoms with Crippen molar-refractivity contribution in [3.05, 3.63) is 83.7 Å². The zero-order valence-corrected chi connectivity index (χ0v) is 15.0. The van der Waals surface area contributed by atoms with Gasteiger partial charge >= 0.3 is 0 Å². The first-order valence-electron chi connectivity index (χ1n) is 8.64. The molecule has 0 spiro atoms. The minimum Gasteiger partial charge on any atom is -0.489 e. The standard InChI is InChI=1S/C21H22FN3O/c1-3-25(14-18-12-23-16(2)24-13-18)20-7-9-21(10-8-20)26-15-17-5-4-6-19(22)11-17/h4-13H,3,14-15H2,1-2H3. The largest absolute Gasteiger partial charge is 0.489 e. The molecule has 0 N–H and O–H groups in total. The molecular weight excluding hydrogens is 329 g/mol. The summed E-state index contributed by atoms with van der Waals surface area (Å²) in [5.41, 5.74) is 2.98. The van der Waals surface area contributed by atoms with Gasteiger partial charge in [0.1, 0.15) is 24.0 Å². The maximum absolute atomic E-state index is 13.2. The van der Waals surface area contributed by atoms with Gasteiger partial charge in [-0.05, 0) is 55.8 Å². The molecule has 1 heterocycles. The predicted molar refractivity (Wildman–Crippen MR) is 101 cm³/mol. The number of aryl methyl sites for hydroxylation is 1. The van der Waals surface area contributed by atoms with Crippen molar-refractivity contribution < 1.29 is 9.13 Å². The van der Waals surface area contributed by atoms with Crippen LogP contribution in [0, 0.1) is 12.7 Å². The second-order valence-corrected chi connectivity index (χ2v) is 6.07. The predicted octanol–water partition coefficient (Wildman–Crippen LogP) is 4.53. The summed E-state index contributed by atoms with van der Waals surface area (Å²) in [6, 6.07) is 14.4. The van der Waals surface area contributed by atoms with Gasteiger partial charge in [0.05, 0.1) is 0 Å². The summed E-state index contributed by atoms with van der Waals surface area (Å²) in [6.07, 6.45) is 3.73. The Hall–Kier alpha value is -2.95. The summed E-state index contributed by atoms with van der Waals surface area (Å²) in [6.45, 7) is 5.96. The van der Waals surface area contributed by atoms with Gasteiger partial charge in [-0.15, -0.1) is 0 Å². The molecule has 26 heavy (non-hydrogen) atoms. The molecule has 0 radical (unpaired) electrons. The maximum Gasteiger partial charge on any atom is 0.125 e. The van der Waals surface area contributed by atoms with Gasteiger partial charge in [-0.25, -0.2) is 14.4 Å². The Bertz CT molecular complexity index is 835. The van der Waals surface area contributed by atoms with Crippen LogP contribution < -0.4 is 9.64 Å². The molecule has 134 valence electrons. The highest BCUT2D eigenvalue weighted by Gasteiger charge is 2.07. The van der Waals surface area contributed by atoms with E-state index in [2.05, 4.69) is 21.8 Å². The van der Waals surface area contributed by atoms with Crippen molar-refractivity contribution in [1.82, 2.24) is 9.97 Å². The van der Waals surface area contributed by atoms with Crippen molar-refractivity contribution >= 4 is 5.69 Å². The van der Waals surface area contributed by atoms with Crippen LogP contribution in [0.15, 0.2) is 60.9 Å². The van der Waals surface area contributed by atoms with E-state index in [1.54, 1.807) is 6.07 Å². The van der Waals surface area contributed by atoms with E-state index in [9.17, 15) is 4.39 Å². The van der Waals surface area contributed by atoms with Crippen molar-refractivity contribution in [3.63, 3.8) is 0 Å². The molecule has 0 saturated heterocycles. The van der Waals surface area contributed by atoms with E-state index in [1.807, 2.05) is 49.6 Å². The van der Waals surface area contributed by atoms with Crippen LogP contribution in [0.5, 0.6) is 5.75 Å². The zero-order chi connectivity index (χ0) is 18.4. The Balaban J connectivity index is 1.62. The number of hydrogen-bond acceptors (Lipinski definition) is 4. The van der Waals surface area contributed by atoms with Gasteiger partial charge in [0.2, 0.25) is 0 Å². The Morgan fingerprint density at radius 3 is 2.38 bits per heavy atom. The summed E-state index contributed by atoms with van der Waals surface area (Å²) < 4.78 is 18.9. The molecule has 3 aromatic rings. The highest BCUT2D eigenvalue weighted by atomic mass is 19.1. The first-order chi connectivity index (χ1) is 12.6. The number of rotatable bonds is 7.